The molecule has 1 saturated heterocycles. The summed E-state index contributed by atoms with van der Waals surface area (Å²) in [5, 5.41) is 3.49. The van der Waals surface area contributed by atoms with Crippen LogP contribution >= 0.6 is 0 Å². The van der Waals surface area contributed by atoms with Crippen molar-refractivity contribution >= 4 is 5.69 Å². The monoisotopic (exact) mass is 246 g/mol. The third kappa shape index (κ3) is 2.46. The molecule has 3 nitrogen and oxygen atoms in total. The first-order valence-corrected chi connectivity index (χ1v) is 7.00. The molecule has 0 radical (unpaired) electrons. The average molecular weight is 246 g/mol. The molecule has 0 spiro atoms. The van der Waals surface area contributed by atoms with Gasteiger partial charge >= 0.3 is 0 Å². The van der Waals surface area contributed by atoms with Crippen LogP contribution in [0.3, 0.4) is 0 Å². The average Bonchev–Trinajstić information content (AvgIpc) is 2.41. The summed E-state index contributed by atoms with van der Waals surface area (Å²) in [6.07, 6.45) is 3.86. The van der Waals surface area contributed by atoms with Crippen LogP contribution in [0, 0.1) is 5.92 Å². The Kier molecular flexibility index (Phi) is 3.41. The lowest BCUT2D eigenvalue weighted by Gasteiger charge is -2.29. The number of rotatable bonds is 2. The molecule has 0 saturated carbocycles. The maximum absolute atomic E-state index is 5.68. The second-order valence-corrected chi connectivity index (χ2v) is 5.49. The van der Waals surface area contributed by atoms with Gasteiger partial charge in [-0.05, 0) is 56.0 Å². The van der Waals surface area contributed by atoms with Gasteiger partial charge in [0, 0.05) is 7.05 Å². The van der Waals surface area contributed by atoms with Crippen molar-refractivity contribution in [1.82, 2.24) is 5.32 Å². The quantitative estimate of drug-likeness (QED) is 0.864. The molecule has 2 aliphatic heterocycles. The molecule has 3 heteroatoms. The van der Waals surface area contributed by atoms with Crippen molar-refractivity contribution in [3.63, 3.8) is 0 Å². The largest absolute Gasteiger partial charge is 0.490 e. The molecule has 3 rings (SSSR count). The van der Waals surface area contributed by atoms with E-state index < -0.39 is 0 Å². The zero-order chi connectivity index (χ0) is 12.4. The summed E-state index contributed by atoms with van der Waals surface area (Å²) in [4.78, 5) is 2.29. The van der Waals surface area contributed by atoms with Crippen LogP contribution in [0.2, 0.25) is 0 Å². The molecular weight excluding hydrogens is 224 g/mol. The lowest BCUT2D eigenvalue weighted by molar-refractivity contribution is 0.311. The Balaban J connectivity index is 1.74. The first-order valence-electron chi connectivity index (χ1n) is 7.00. The minimum absolute atomic E-state index is 0.798. The Bertz CT molecular complexity index is 413. The molecule has 1 N–H and O–H groups in total. The Labute approximate surface area is 109 Å². The van der Waals surface area contributed by atoms with E-state index in [4.69, 9.17) is 4.74 Å². The fourth-order valence-corrected chi connectivity index (χ4v) is 2.95. The van der Waals surface area contributed by atoms with Crippen LogP contribution in [0.15, 0.2) is 18.2 Å². The molecule has 1 aromatic rings. The number of nitrogens with one attached hydrogen (secondary N) is 1. The molecule has 0 amide bonds. The van der Waals surface area contributed by atoms with Crippen molar-refractivity contribution in [2.45, 2.75) is 19.3 Å². The molecule has 0 aliphatic carbocycles. The van der Waals surface area contributed by atoms with E-state index >= 15 is 0 Å². The highest BCUT2D eigenvalue weighted by atomic mass is 16.5. The second-order valence-electron chi connectivity index (χ2n) is 5.49. The van der Waals surface area contributed by atoms with Gasteiger partial charge in [0.05, 0.1) is 12.2 Å². The number of nitrogens with zero attached hydrogens (tertiary/aromatic N) is 1. The predicted molar refractivity (Wildman–Crippen MR) is 74.5 cm³/mol. The molecule has 2 aliphatic rings. The normalized spacial score (nSPS) is 23.4. The fraction of sp³-hybridized carbons (Fsp3) is 0.600. The molecule has 2 heterocycles. The highest BCUT2D eigenvalue weighted by Gasteiger charge is 2.17. The summed E-state index contributed by atoms with van der Waals surface area (Å²) in [7, 11) is 2.15. The number of anilines is 1. The third-order valence-corrected chi connectivity index (χ3v) is 4.04. The Morgan fingerprint density at radius 2 is 2.39 bits per heavy atom. The van der Waals surface area contributed by atoms with Gasteiger partial charge in [0.15, 0.2) is 0 Å². The van der Waals surface area contributed by atoms with Crippen molar-refractivity contribution in [3.05, 3.63) is 23.8 Å². The Morgan fingerprint density at radius 3 is 3.22 bits per heavy atom. The number of piperidine rings is 1. The molecule has 1 aromatic carbocycles. The van der Waals surface area contributed by atoms with E-state index in [2.05, 4.69) is 35.5 Å². The van der Waals surface area contributed by atoms with Crippen LogP contribution in [0.1, 0.15) is 18.4 Å². The van der Waals surface area contributed by atoms with Crippen LogP contribution < -0.4 is 15.0 Å². The third-order valence-electron chi connectivity index (χ3n) is 4.04. The molecule has 0 aromatic heterocycles. The van der Waals surface area contributed by atoms with E-state index in [1.165, 1.54) is 43.6 Å². The maximum atomic E-state index is 5.68. The minimum Gasteiger partial charge on any atom is -0.490 e. The van der Waals surface area contributed by atoms with Gasteiger partial charge < -0.3 is 15.0 Å². The zero-order valence-electron chi connectivity index (χ0n) is 11.1. The van der Waals surface area contributed by atoms with Gasteiger partial charge in [0.1, 0.15) is 12.4 Å². The first kappa shape index (κ1) is 11.8. The van der Waals surface area contributed by atoms with E-state index in [1.54, 1.807) is 0 Å². The van der Waals surface area contributed by atoms with Crippen LogP contribution in [0.5, 0.6) is 5.75 Å². The standard InChI is InChI=1S/C15H22N2O/c1-17-7-8-18-15-5-4-12(10-14(15)17)9-13-3-2-6-16-11-13/h4-5,10,13,16H,2-3,6-9,11H2,1H3. The number of likely N-dealkylation sites (N-methyl/N-ethyl adjacent to an activating group) is 1. The minimum atomic E-state index is 0.798. The maximum Gasteiger partial charge on any atom is 0.142 e. The molecule has 0 bridgehead atoms. The molecule has 18 heavy (non-hydrogen) atoms. The van der Waals surface area contributed by atoms with E-state index in [0.29, 0.717) is 0 Å². The topological polar surface area (TPSA) is 24.5 Å². The summed E-state index contributed by atoms with van der Waals surface area (Å²) >= 11 is 0. The van der Waals surface area contributed by atoms with Crippen LogP contribution in [-0.4, -0.2) is 33.3 Å². The predicted octanol–water partition coefficient (Wildman–Crippen LogP) is 2.06. The highest BCUT2D eigenvalue weighted by Crippen LogP contribution is 2.32. The molecular formula is C15H22N2O. The second kappa shape index (κ2) is 5.19. The van der Waals surface area contributed by atoms with Crippen molar-refractivity contribution in [2.75, 3.05) is 38.2 Å². The van der Waals surface area contributed by atoms with Crippen molar-refractivity contribution in [3.8, 4) is 5.75 Å². The van der Waals surface area contributed by atoms with E-state index in [1.807, 2.05) is 0 Å². The van der Waals surface area contributed by atoms with Crippen molar-refractivity contribution < 1.29 is 4.74 Å². The SMILES string of the molecule is CN1CCOc2ccc(CC3CCCNC3)cc21. The summed E-state index contributed by atoms with van der Waals surface area (Å²) in [6, 6.07) is 6.67. The van der Waals surface area contributed by atoms with Crippen molar-refractivity contribution in [2.24, 2.45) is 5.92 Å². The van der Waals surface area contributed by atoms with Gasteiger partial charge in [-0.3, -0.25) is 0 Å². The van der Waals surface area contributed by atoms with Gasteiger partial charge in [-0.15, -0.1) is 0 Å². The van der Waals surface area contributed by atoms with Crippen LogP contribution in [-0.2, 0) is 6.42 Å². The number of hydrogen-bond acceptors (Lipinski definition) is 3. The summed E-state index contributed by atoms with van der Waals surface area (Å²) in [6.45, 7) is 4.15. The number of hydrogen-bond donors (Lipinski definition) is 1. The Hall–Kier alpha value is -1.22. The number of benzene rings is 1. The lowest BCUT2D eigenvalue weighted by atomic mass is 9.92. The summed E-state index contributed by atoms with van der Waals surface area (Å²) in [5.74, 6) is 1.83. The first-order chi connectivity index (χ1) is 8.83. The molecule has 1 unspecified atom stereocenters. The van der Waals surface area contributed by atoms with E-state index in [9.17, 15) is 0 Å². The molecule has 98 valence electrons. The van der Waals surface area contributed by atoms with Gasteiger partial charge in [-0.25, -0.2) is 0 Å². The van der Waals surface area contributed by atoms with E-state index in [-0.39, 0.29) is 0 Å². The molecule has 1 atom stereocenters. The number of fused-ring (bicyclic) bond motifs is 1. The zero-order valence-corrected chi connectivity index (χ0v) is 11.1. The van der Waals surface area contributed by atoms with Gasteiger partial charge in [0.2, 0.25) is 0 Å². The highest BCUT2D eigenvalue weighted by molar-refractivity contribution is 5.60. The smallest absolute Gasteiger partial charge is 0.142 e. The van der Waals surface area contributed by atoms with Gasteiger partial charge in [-0.1, -0.05) is 6.07 Å². The summed E-state index contributed by atoms with van der Waals surface area (Å²) < 4.78 is 5.68. The van der Waals surface area contributed by atoms with Gasteiger partial charge in [0.25, 0.3) is 0 Å². The molecule has 1 fully saturated rings. The van der Waals surface area contributed by atoms with Crippen LogP contribution in [0.4, 0.5) is 5.69 Å². The summed E-state index contributed by atoms with van der Waals surface area (Å²) in [5.41, 5.74) is 2.70. The lowest BCUT2D eigenvalue weighted by Crippen LogP contribution is -2.31. The Morgan fingerprint density at radius 1 is 1.44 bits per heavy atom. The fourth-order valence-electron chi connectivity index (χ4n) is 2.95. The number of ether oxygens (including phenoxy) is 1. The van der Waals surface area contributed by atoms with Crippen LogP contribution in [0.25, 0.3) is 0 Å². The van der Waals surface area contributed by atoms with E-state index in [0.717, 1.165) is 24.8 Å². The van der Waals surface area contributed by atoms with Crippen molar-refractivity contribution in [1.29, 1.82) is 0 Å². The van der Waals surface area contributed by atoms with Gasteiger partial charge in [-0.2, -0.15) is 0 Å².